The minimum atomic E-state index is -1.11. The molecule has 0 spiro atoms. The molecule has 0 bridgehead atoms. The molecule has 1 aromatic heterocycles. The molecule has 2 aromatic rings. The molecule has 2 rings (SSSR count). The van der Waals surface area contributed by atoms with E-state index >= 15 is 0 Å². The SMILES string of the molecule is COC(=O)Cc1ccnc(-c2ccc(F)c(Cl)c2F)c1F. The maximum absolute atomic E-state index is 14.3. The highest BCUT2D eigenvalue weighted by Gasteiger charge is 2.20. The molecule has 0 aliphatic rings. The van der Waals surface area contributed by atoms with Gasteiger partial charge in [0.05, 0.1) is 13.5 Å². The molecule has 0 fully saturated rings. The van der Waals surface area contributed by atoms with Crippen molar-refractivity contribution in [2.24, 2.45) is 0 Å². The van der Waals surface area contributed by atoms with Gasteiger partial charge in [-0.3, -0.25) is 9.78 Å². The van der Waals surface area contributed by atoms with Crippen molar-refractivity contribution >= 4 is 17.6 Å². The molecule has 1 heterocycles. The van der Waals surface area contributed by atoms with Crippen molar-refractivity contribution < 1.29 is 22.7 Å². The number of hydrogen-bond acceptors (Lipinski definition) is 3. The van der Waals surface area contributed by atoms with E-state index in [1.165, 1.54) is 19.4 Å². The molecule has 0 N–H and O–H groups in total. The number of halogens is 4. The number of carbonyl (C=O) groups is 1. The molecule has 0 amide bonds. The Kier molecular flexibility index (Phi) is 4.47. The fraction of sp³-hybridized carbons (Fsp3) is 0.143. The Hall–Kier alpha value is -2.08. The number of aromatic nitrogens is 1. The summed E-state index contributed by atoms with van der Waals surface area (Å²) < 4.78 is 45.8. The summed E-state index contributed by atoms with van der Waals surface area (Å²) in [6.07, 6.45) is 0.891. The standard InChI is InChI=1S/C14H9ClF3NO2/c1-21-10(20)6-7-4-5-19-14(12(7)17)8-2-3-9(16)11(15)13(8)18/h2-5H,6H2,1H3. The summed E-state index contributed by atoms with van der Waals surface area (Å²) in [5, 5.41) is -0.743. The van der Waals surface area contributed by atoms with E-state index in [2.05, 4.69) is 9.72 Å². The second-order valence-corrected chi connectivity index (χ2v) is 4.49. The first-order valence-electron chi connectivity index (χ1n) is 5.79. The molecular weight excluding hydrogens is 307 g/mol. The molecule has 3 nitrogen and oxygen atoms in total. The van der Waals surface area contributed by atoms with Crippen LogP contribution in [0.1, 0.15) is 5.56 Å². The second-order valence-electron chi connectivity index (χ2n) is 4.11. The summed E-state index contributed by atoms with van der Waals surface area (Å²) in [6.45, 7) is 0. The molecule has 0 aliphatic heterocycles. The number of carbonyl (C=O) groups excluding carboxylic acids is 1. The van der Waals surface area contributed by atoms with Crippen molar-refractivity contribution in [3.8, 4) is 11.3 Å². The lowest BCUT2D eigenvalue weighted by Crippen LogP contribution is -2.07. The van der Waals surface area contributed by atoms with Crippen molar-refractivity contribution in [3.05, 3.63) is 52.4 Å². The van der Waals surface area contributed by atoms with Crippen molar-refractivity contribution in [1.29, 1.82) is 0 Å². The average Bonchev–Trinajstić information content (AvgIpc) is 2.47. The van der Waals surface area contributed by atoms with E-state index in [1.54, 1.807) is 0 Å². The first-order chi connectivity index (χ1) is 9.95. The molecular formula is C14H9ClF3NO2. The Morgan fingerprint density at radius 1 is 1.24 bits per heavy atom. The largest absolute Gasteiger partial charge is 0.469 e. The highest BCUT2D eigenvalue weighted by atomic mass is 35.5. The Morgan fingerprint density at radius 3 is 2.62 bits per heavy atom. The summed E-state index contributed by atoms with van der Waals surface area (Å²) >= 11 is 5.46. The van der Waals surface area contributed by atoms with Crippen LogP contribution in [-0.2, 0) is 16.0 Å². The lowest BCUT2D eigenvalue weighted by molar-refractivity contribution is -0.139. The van der Waals surface area contributed by atoms with Crippen LogP contribution in [0.5, 0.6) is 0 Å². The predicted octanol–water partition coefficient (Wildman–Crippen LogP) is 3.53. The van der Waals surface area contributed by atoms with Crippen LogP contribution in [-0.4, -0.2) is 18.1 Å². The van der Waals surface area contributed by atoms with Gasteiger partial charge in [0.15, 0.2) is 11.6 Å². The van der Waals surface area contributed by atoms with Crippen LogP contribution in [0.2, 0.25) is 5.02 Å². The third kappa shape index (κ3) is 3.00. The van der Waals surface area contributed by atoms with Crippen LogP contribution in [0.15, 0.2) is 24.4 Å². The Balaban J connectivity index is 2.53. The van der Waals surface area contributed by atoms with Crippen molar-refractivity contribution in [3.63, 3.8) is 0 Å². The Morgan fingerprint density at radius 2 is 1.95 bits per heavy atom. The lowest BCUT2D eigenvalue weighted by Gasteiger charge is -2.09. The van der Waals surface area contributed by atoms with Gasteiger partial charge in [-0.1, -0.05) is 11.6 Å². The van der Waals surface area contributed by atoms with Gasteiger partial charge in [-0.05, 0) is 18.2 Å². The zero-order chi connectivity index (χ0) is 15.6. The van der Waals surface area contributed by atoms with Crippen molar-refractivity contribution in [2.75, 3.05) is 7.11 Å². The molecule has 1 aromatic carbocycles. The molecule has 21 heavy (non-hydrogen) atoms. The van der Waals surface area contributed by atoms with E-state index < -0.39 is 28.4 Å². The van der Waals surface area contributed by atoms with E-state index in [0.29, 0.717) is 0 Å². The smallest absolute Gasteiger partial charge is 0.310 e. The Bertz CT molecular complexity index is 707. The average molecular weight is 316 g/mol. The maximum atomic E-state index is 14.3. The number of benzene rings is 1. The number of ether oxygens (including phenoxy) is 1. The van der Waals surface area contributed by atoms with Crippen molar-refractivity contribution in [1.82, 2.24) is 4.98 Å². The minimum Gasteiger partial charge on any atom is -0.469 e. The Labute approximate surface area is 123 Å². The van der Waals surface area contributed by atoms with Crippen LogP contribution in [0.4, 0.5) is 13.2 Å². The summed E-state index contributed by atoms with van der Waals surface area (Å²) in [5.74, 6) is -3.60. The predicted molar refractivity (Wildman–Crippen MR) is 70.3 cm³/mol. The van der Waals surface area contributed by atoms with Gasteiger partial charge in [-0.25, -0.2) is 13.2 Å². The quantitative estimate of drug-likeness (QED) is 0.642. The van der Waals surface area contributed by atoms with Gasteiger partial charge >= 0.3 is 5.97 Å². The third-order valence-electron chi connectivity index (χ3n) is 2.82. The fourth-order valence-corrected chi connectivity index (χ4v) is 1.91. The summed E-state index contributed by atoms with van der Waals surface area (Å²) in [5.41, 5.74) is -0.645. The van der Waals surface area contributed by atoms with Crippen LogP contribution >= 0.6 is 11.6 Å². The first-order valence-corrected chi connectivity index (χ1v) is 6.17. The third-order valence-corrected chi connectivity index (χ3v) is 3.17. The minimum absolute atomic E-state index is 0.00769. The zero-order valence-corrected chi connectivity index (χ0v) is 11.5. The summed E-state index contributed by atoms with van der Waals surface area (Å²) in [4.78, 5) is 14.9. The monoisotopic (exact) mass is 315 g/mol. The summed E-state index contributed by atoms with van der Waals surface area (Å²) in [6, 6.07) is 3.22. The maximum Gasteiger partial charge on any atom is 0.310 e. The highest BCUT2D eigenvalue weighted by Crippen LogP contribution is 2.30. The molecule has 0 saturated carbocycles. The number of rotatable bonds is 3. The van der Waals surface area contributed by atoms with Crippen molar-refractivity contribution in [2.45, 2.75) is 6.42 Å². The van der Waals surface area contributed by atoms with Gasteiger partial charge in [0.1, 0.15) is 16.5 Å². The number of hydrogen-bond donors (Lipinski definition) is 0. The zero-order valence-electron chi connectivity index (χ0n) is 10.8. The van der Waals surface area contributed by atoms with Crippen LogP contribution in [0.25, 0.3) is 11.3 Å². The lowest BCUT2D eigenvalue weighted by atomic mass is 10.1. The van der Waals surface area contributed by atoms with Gasteiger partial charge in [-0.2, -0.15) is 0 Å². The van der Waals surface area contributed by atoms with Gasteiger partial charge in [0.2, 0.25) is 0 Å². The van der Waals surface area contributed by atoms with E-state index in [0.717, 1.165) is 12.1 Å². The van der Waals surface area contributed by atoms with Crippen LogP contribution in [0, 0.1) is 17.5 Å². The van der Waals surface area contributed by atoms with Gasteiger partial charge in [-0.15, -0.1) is 0 Å². The normalized spacial score (nSPS) is 10.5. The van der Waals surface area contributed by atoms with Crippen LogP contribution in [0.3, 0.4) is 0 Å². The first kappa shape index (κ1) is 15.3. The second kappa shape index (κ2) is 6.13. The number of pyridine rings is 1. The molecule has 0 aliphatic carbocycles. The molecule has 0 saturated heterocycles. The van der Waals surface area contributed by atoms with E-state index in [-0.39, 0.29) is 23.2 Å². The topological polar surface area (TPSA) is 39.2 Å². The summed E-state index contributed by atoms with van der Waals surface area (Å²) in [7, 11) is 1.17. The van der Waals surface area contributed by atoms with Gasteiger partial charge in [0.25, 0.3) is 0 Å². The van der Waals surface area contributed by atoms with Crippen LogP contribution < -0.4 is 0 Å². The fourth-order valence-electron chi connectivity index (χ4n) is 1.74. The van der Waals surface area contributed by atoms with Gasteiger partial charge < -0.3 is 4.74 Å². The molecule has 0 atom stereocenters. The molecule has 0 radical (unpaired) electrons. The van der Waals surface area contributed by atoms with E-state index in [1.807, 2.05) is 0 Å². The highest BCUT2D eigenvalue weighted by molar-refractivity contribution is 6.31. The van der Waals surface area contributed by atoms with Gasteiger partial charge in [0, 0.05) is 17.3 Å². The van der Waals surface area contributed by atoms with E-state index in [4.69, 9.17) is 11.6 Å². The number of esters is 1. The number of nitrogens with zero attached hydrogens (tertiary/aromatic N) is 1. The number of methoxy groups -OCH3 is 1. The molecule has 0 unspecified atom stereocenters. The molecule has 110 valence electrons. The molecule has 7 heteroatoms. The van der Waals surface area contributed by atoms with E-state index in [9.17, 15) is 18.0 Å².